The van der Waals surface area contributed by atoms with E-state index in [-0.39, 0.29) is 30.4 Å². The van der Waals surface area contributed by atoms with Crippen molar-refractivity contribution in [2.24, 2.45) is 5.84 Å². The molecule has 1 aromatic heterocycles. The van der Waals surface area contributed by atoms with Crippen molar-refractivity contribution in [2.45, 2.75) is 37.1 Å². The normalized spacial score (nSPS) is 17.0. The third kappa shape index (κ3) is 5.32. The van der Waals surface area contributed by atoms with Gasteiger partial charge in [0.2, 0.25) is 9.84 Å². The Morgan fingerprint density at radius 1 is 1.35 bits per heavy atom. The third-order valence-electron chi connectivity index (χ3n) is 4.66. The Balaban J connectivity index is 2.07. The number of hydrogen-bond acceptors (Lipinski definition) is 9. The number of sulfone groups is 1. The van der Waals surface area contributed by atoms with Crippen LogP contribution < -0.4 is 21.5 Å². The van der Waals surface area contributed by atoms with Crippen LogP contribution in [-0.2, 0) is 16.4 Å². The molecule has 170 valence electrons. The number of benzene rings is 1. The second kappa shape index (κ2) is 8.69. The number of halogens is 3. The standard InChI is InChI=1S/C18H23ClF2N6O3S/c1-11(28)9-31(29,30)17-24-15(26-7-6-18(20,21)10-26)14(22)16(25-17)27(23)8-12-4-2-3-5-13(12)19/h2-5,11,28H,6-10,22-23H2,1H3. The number of anilines is 3. The van der Waals surface area contributed by atoms with Crippen LogP contribution in [0.15, 0.2) is 29.4 Å². The molecule has 0 spiro atoms. The molecular weight excluding hydrogens is 454 g/mol. The molecule has 0 saturated carbocycles. The number of alkyl halides is 2. The minimum atomic E-state index is -4.14. The van der Waals surface area contributed by atoms with E-state index in [0.717, 1.165) is 5.01 Å². The molecule has 1 fully saturated rings. The quantitative estimate of drug-likeness (QED) is 0.309. The molecule has 0 aliphatic carbocycles. The first kappa shape index (κ1) is 23.4. The van der Waals surface area contributed by atoms with E-state index in [1.165, 1.54) is 11.8 Å². The van der Waals surface area contributed by atoms with Gasteiger partial charge in [0.05, 0.1) is 24.9 Å². The van der Waals surface area contributed by atoms with Gasteiger partial charge in [-0.05, 0) is 18.6 Å². The average molecular weight is 477 g/mol. The highest BCUT2D eigenvalue weighted by atomic mass is 35.5. The first-order valence-electron chi connectivity index (χ1n) is 9.36. The summed E-state index contributed by atoms with van der Waals surface area (Å²) < 4.78 is 52.9. The molecule has 13 heteroatoms. The van der Waals surface area contributed by atoms with Crippen LogP contribution in [0.3, 0.4) is 0 Å². The van der Waals surface area contributed by atoms with Crippen molar-refractivity contribution < 1.29 is 22.3 Å². The van der Waals surface area contributed by atoms with Gasteiger partial charge in [-0.1, -0.05) is 29.8 Å². The molecule has 0 bridgehead atoms. The van der Waals surface area contributed by atoms with Crippen molar-refractivity contribution in [1.82, 2.24) is 9.97 Å². The summed E-state index contributed by atoms with van der Waals surface area (Å²) in [5, 5.41) is 10.4. The van der Waals surface area contributed by atoms with Crippen LogP contribution in [0.1, 0.15) is 18.9 Å². The molecule has 5 N–H and O–H groups in total. The summed E-state index contributed by atoms with van der Waals surface area (Å²) in [6.07, 6.45) is -1.61. The molecule has 9 nitrogen and oxygen atoms in total. The Morgan fingerprint density at radius 2 is 2.03 bits per heavy atom. The number of hydrogen-bond donors (Lipinski definition) is 3. The van der Waals surface area contributed by atoms with Crippen molar-refractivity contribution in [3.05, 3.63) is 34.9 Å². The van der Waals surface area contributed by atoms with Gasteiger partial charge >= 0.3 is 0 Å². The van der Waals surface area contributed by atoms with Crippen LogP contribution in [0.5, 0.6) is 0 Å². The van der Waals surface area contributed by atoms with E-state index in [2.05, 4.69) is 9.97 Å². The highest BCUT2D eigenvalue weighted by Gasteiger charge is 2.40. The minimum Gasteiger partial charge on any atom is -0.393 e. The summed E-state index contributed by atoms with van der Waals surface area (Å²) in [4.78, 5) is 9.16. The predicted molar refractivity (Wildman–Crippen MR) is 114 cm³/mol. The molecule has 0 radical (unpaired) electrons. The van der Waals surface area contributed by atoms with Crippen LogP contribution in [0, 0.1) is 0 Å². The van der Waals surface area contributed by atoms with Crippen LogP contribution in [-0.4, -0.2) is 54.4 Å². The Bertz CT molecular complexity index is 1070. The van der Waals surface area contributed by atoms with Gasteiger partial charge in [0, 0.05) is 18.0 Å². The fourth-order valence-corrected chi connectivity index (χ4v) is 4.65. The van der Waals surface area contributed by atoms with E-state index in [1.807, 2.05) is 0 Å². The lowest BCUT2D eigenvalue weighted by Crippen LogP contribution is -2.34. The van der Waals surface area contributed by atoms with E-state index >= 15 is 0 Å². The maximum Gasteiger partial charge on any atom is 0.266 e. The van der Waals surface area contributed by atoms with Gasteiger partial charge in [0.25, 0.3) is 11.1 Å². The Hall–Kier alpha value is -2.28. The molecule has 2 aromatic rings. The highest BCUT2D eigenvalue weighted by molar-refractivity contribution is 7.91. The molecule has 1 saturated heterocycles. The zero-order chi connectivity index (χ0) is 23.0. The summed E-state index contributed by atoms with van der Waals surface area (Å²) >= 11 is 6.16. The van der Waals surface area contributed by atoms with Crippen LogP contribution >= 0.6 is 11.6 Å². The second-order valence-corrected chi connectivity index (χ2v) is 9.78. The topological polar surface area (TPSA) is 139 Å². The van der Waals surface area contributed by atoms with Crippen LogP contribution in [0.4, 0.5) is 26.1 Å². The maximum atomic E-state index is 13.8. The largest absolute Gasteiger partial charge is 0.393 e. The van der Waals surface area contributed by atoms with Crippen molar-refractivity contribution in [3.8, 4) is 0 Å². The Morgan fingerprint density at radius 3 is 2.61 bits per heavy atom. The molecular formula is C18H23ClF2N6O3S. The number of nitrogens with two attached hydrogens (primary N) is 2. The number of aliphatic hydroxyl groups is 1. The van der Waals surface area contributed by atoms with Gasteiger partial charge < -0.3 is 15.7 Å². The van der Waals surface area contributed by atoms with Gasteiger partial charge in [-0.15, -0.1) is 0 Å². The second-order valence-electron chi connectivity index (χ2n) is 7.44. The molecule has 1 aromatic carbocycles. The van der Waals surface area contributed by atoms with Gasteiger partial charge in [-0.25, -0.2) is 23.0 Å². The summed E-state index contributed by atoms with van der Waals surface area (Å²) in [5.74, 6) is 2.21. The van der Waals surface area contributed by atoms with Crippen molar-refractivity contribution in [2.75, 3.05) is 34.5 Å². The van der Waals surface area contributed by atoms with Gasteiger partial charge in [0.15, 0.2) is 11.6 Å². The molecule has 31 heavy (non-hydrogen) atoms. The summed E-state index contributed by atoms with van der Waals surface area (Å²) in [7, 11) is -4.14. The number of hydrazine groups is 1. The van der Waals surface area contributed by atoms with Gasteiger partial charge in [0.1, 0.15) is 5.69 Å². The Labute approximate surface area is 183 Å². The number of aromatic nitrogens is 2. The van der Waals surface area contributed by atoms with Gasteiger partial charge in [-0.2, -0.15) is 9.97 Å². The highest BCUT2D eigenvalue weighted by Crippen LogP contribution is 2.36. The molecule has 1 aliphatic heterocycles. The van der Waals surface area contributed by atoms with E-state index in [4.69, 9.17) is 23.2 Å². The zero-order valence-corrected chi connectivity index (χ0v) is 18.2. The average Bonchev–Trinajstić information content (AvgIpc) is 3.02. The van der Waals surface area contributed by atoms with Crippen molar-refractivity contribution in [1.29, 1.82) is 0 Å². The summed E-state index contributed by atoms with van der Waals surface area (Å²) in [5.41, 5.74) is 6.63. The summed E-state index contributed by atoms with van der Waals surface area (Å²) in [6.45, 7) is 0.577. The summed E-state index contributed by atoms with van der Waals surface area (Å²) in [6, 6.07) is 6.85. The molecule has 1 aliphatic rings. The first-order chi connectivity index (χ1) is 14.4. The SMILES string of the molecule is CC(O)CS(=O)(=O)c1nc(N(N)Cc2ccccc2Cl)c(N)c(N2CCC(F)(F)C2)n1. The fraction of sp³-hybridized carbons (Fsp3) is 0.444. The third-order valence-corrected chi connectivity index (χ3v) is 6.69. The molecule has 1 unspecified atom stereocenters. The first-order valence-corrected chi connectivity index (χ1v) is 11.4. The monoisotopic (exact) mass is 476 g/mol. The van der Waals surface area contributed by atoms with E-state index in [1.54, 1.807) is 24.3 Å². The number of aliphatic hydroxyl groups excluding tert-OH is 1. The predicted octanol–water partition coefficient (Wildman–Crippen LogP) is 1.59. The molecule has 0 amide bonds. The minimum absolute atomic E-state index is 0.0202. The smallest absolute Gasteiger partial charge is 0.266 e. The molecule has 2 heterocycles. The lowest BCUT2D eigenvalue weighted by Gasteiger charge is -2.25. The van der Waals surface area contributed by atoms with Crippen molar-refractivity contribution in [3.63, 3.8) is 0 Å². The van der Waals surface area contributed by atoms with E-state index in [0.29, 0.717) is 10.6 Å². The van der Waals surface area contributed by atoms with Crippen LogP contribution in [0.2, 0.25) is 5.02 Å². The number of nitrogen functional groups attached to an aromatic ring is 1. The number of rotatable bonds is 7. The number of nitrogens with zero attached hydrogens (tertiary/aromatic N) is 4. The maximum absolute atomic E-state index is 13.8. The Kier molecular flexibility index (Phi) is 6.56. The van der Waals surface area contributed by atoms with Gasteiger partial charge in [-0.3, -0.25) is 5.01 Å². The lowest BCUT2D eigenvalue weighted by molar-refractivity contribution is 0.0256. The van der Waals surface area contributed by atoms with Crippen molar-refractivity contribution >= 4 is 38.8 Å². The molecule has 3 rings (SSSR count). The lowest BCUT2D eigenvalue weighted by atomic mass is 10.2. The van der Waals surface area contributed by atoms with E-state index < -0.39 is 45.7 Å². The zero-order valence-electron chi connectivity index (χ0n) is 16.7. The molecule has 1 atom stereocenters. The fourth-order valence-electron chi connectivity index (χ4n) is 3.22. The van der Waals surface area contributed by atoms with Crippen LogP contribution in [0.25, 0.3) is 0 Å². The van der Waals surface area contributed by atoms with E-state index in [9.17, 15) is 22.3 Å².